The van der Waals surface area contributed by atoms with Gasteiger partial charge in [0.25, 0.3) is 0 Å². The van der Waals surface area contributed by atoms with Gasteiger partial charge in [0.15, 0.2) is 0 Å². The van der Waals surface area contributed by atoms with E-state index in [0.29, 0.717) is 6.10 Å². The van der Waals surface area contributed by atoms with Crippen LogP contribution in [-0.2, 0) is 4.74 Å². The first-order valence-electron chi connectivity index (χ1n) is 6.13. The lowest BCUT2D eigenvalue weighted by atomic mass is 10.2. The largest absolute Gasteiger partial charge is 0.371 e. The van der Waals surface area contributed by atoms with Crippen LogP contribution in [0.25, 0.3) is 0 Å². The Morgan fingerprint density at radius 1 is 0.895 bits per heavy atom. The summed E-state index contributed by atoms with van der Waals surface area (Å²) in [6.07, 6.45) is 0.354. The Labute approximate surface area is 129 Å². The highest BCUT2D eigenvalue weighted by Crippen LogP contribution is 2.29. The number of halogens is 2. The van der Waals surface area contributed by atoms with E-state index in [2.05, 4.69) is 85.3 Å². The number of ether oxygens (including phenoxy) is 1. The van der Waals surface area contributed by atoms with E-state index in [4.69, 9.17) is 4.74 Å². The molecule has 1 saturated heterocycles. The summed E-state index contributed by atoms with van der Waals surface area (Å²) in [5, 5.41) is 0. The number of anilines is 2. The van der Waals surface area contributed by atoms with Gasteiger partial charge in [-0.25, -0.2) is 0 Å². The van der Waals surface area contributed by atoms with Gasteiger partial charge in [-0.05, 0) is 48.5 Å². The second-order valence-corrected chi connectivity index (χ2v) is 6.35. The van der Waals surface area contributed by atoms with Gasteiger partial charge in [-0.2, -0.15) is 0 Å². The van der Waals surface area contributed by atoms with Crippen molar-refractivity contribution in [1.82, 2.24) is 0 Å². The summed E-state index contributed by atoms with van der Waals surface area (Å²) in [5.41, 5.74) is 2.36. The number of nitrogens with zero attached hydrogens (tertiary/aromatic N) is 1. The van der Waals surface area contributed by atoms with Gasteiger partial charge in [0.1, 0.15) is 0 Å². The third kappa shape index (κ3) is 3.38. The van der Waals surface area contributed by atoms with Gasteiger partial charge >= 0.3 is 0 Å². The highest BCUT2D eigenvalue weighted by atomic mass is 79.9. The van der Waals surface area contributed by atoms with Crippen molar-refractivity contribution >= 4 is 43.2 Å². The van der Waals surface area contributed by atoms with Crippen LogP contribution in [-0.4, -0.2) is 19.3 Å². The topological polar surface area (TPSA) is 15.8 Å². The molecule has 2 aromatic carbocycles. The lowest BCUT2D eigenvalue weighted by Crippen LogP contribution is -2.22. The maximum absolute atomic E-state index is 5.37. The van der Waals surface area contributed by atoms with Crippen LogP contribution < -0.4 is 4.90 Å². The van der Waals surface area contributed by atoms with Crippen LogP contribution in [0.15, 0.2) is 57.5 Å². The first-order valence-corrected chi connectivity index (χ1v) is 7.71. The zero-order chi connectivity index (χ0) is 13.2. The monoisotopic (exact) mass is 381 g/mol. The summed E-state index contributed by atoms with van der Waals surface area (Å²) in [7, 11) is 0. The molecule has 1 aliphatic heterocycles. The van der Waals surface area contributed by atoms with Crippen LogP contribution >= 0.6 is 31.9 Å². The zero-order valence-corrected chi connectivity index (χ0v) is 13.4. The molecular formula is C15H13Br2NO. The van der Waals surface area contributed by atoms with E-state index in [1.807, 2.05) is 0 Å². The van der Waals surface area contributed by atoms with Crippen LogP contribution in [0.4, 0.5) is 11.4 Å². The summed E-state index contributed by atoms with van der Waals surface area (Å²) < 4.78 is 7.55. The van der Waals surface area contributed by atoms with Gasteiger partial charge in [0, 0.05) is 20.3 Å². The van der Waals surface area contributed by atoms with E-state index in [9.17, 15) is 0 Å². The smallest absolute Gasteiger partial charge is 0.0988 e. The quantitative estimate of drug-likeness (QED) is 0.709. The van der Waals surface area contributed by atoms with E-state index in [-0.39, 0.29) is 0 Å². The summed E-state index contributed by atoms with van der Waals surface area (Å²) >= 11 is 6.95. The molecule has 0 spiro atoms. The van der Waals surface area contributed by atoms with Gasteiger partial charge in [0.2, 0.25) is 0 Å². The van der Waals surface area contributed by atoms with Gasteiger partial charge in [-0.1, -0.05) is 31.9 Å². The fourth-order valence-corrected chi connectivity index (χ4v) is 2.51. The Morgan fingerprint density at radius 2 is 1.32 bits per heavy atom. The number of benzene rings is 2. The molecule has 4 heteroatoms. The molecule has 98 valence electrons. The molecule has 3 rings (SSSR count). The van der Waals surface area contributed by atoms with Gasteiger partial charge in [-0.3, -0.25) is 0 Å². The van der Waals surface area contributed by atoms with Crippen molar-refractivity contribution in [1.29, 1.82) is 0 Å². The van der Waals surface area contributed by atoms with Gasteiger partial charge < -0.3 is 9.64 Å². The third-order valence-electron chi connectivity index (χ3n) is 3.07. The first-order chi connectivity index (χ1) is 9.22. The van der Waals surface area contributed by atoms with Gasteiger partial charge in [-0.15, -0.1) is 0 Å². The molecule has 2 aromatic rings. The fourth-order valence-electron chi connectivity index (χ4n) is 1.98. The van der Waals surface area contributed by atoms with Crippen molar-refractivity contribution in [3.63, 3.8) is 0 Å². The Balaban J connectivity index is 1.91. The summed E-state index contributed by atoms with van der Waals surface area (Å²) in [5.74, 6) is 0. The number of hydrogen-bond donors (Lipinski definition) is 0. The predicted octanol–water partition coefficient (Wildman–Crippen LogP) is 4.75. The van der Waals surface area contributed by atoms with Crippen molar-refractivity contribution in [2.45, 2.75) is 6.10 Å². The lowest BCUT2D eigenvalue weighted by molar-refractivity contribution is 0.411. The second kappa shape index (κ2) is 5.65. The van der Waals surface area contributed by atoms with Crippen LogP contribution in [0, 0.1) is 0 Å². The second-order valence-electron chi connectivity index (χ2n) is 4.52. The van der Waals surface area contributed by atoms with Crippen molar-refractivity contribution in [3.8, 4) is 0 Å². The van der Waals surface area contributed by atoms with Crippen molar-refractivity contribution in [2.24, 2.45) is 0 Å². The molecule has 1 fully saturated rings. The number of hydrogen-bond acceptors (Lipinski definition) is 2. The molecule has 0 unspecified atom stereocenters. The average molecular weight is 383 g/mol. The maximum atomic E-state index is 5.37. The van der Waals surface area contributed by atoms with Crippen LogP contribution in [0.5, 0.6) is 0 Å². The molecule has 1 atom stereocenters. The minimum atomic E-state index is 0.354. The summed E-state index contributed by atoms with van der Waals surface area (Å²) in [4.78, 5) is 2.29. The molecule has 19 heavy (non-hydrogen) atoms. The average Bonchev–Trinajstić information content (AvgIpc) is 3.22. The van der Waals surface area contributed by atoms with Crippen molar-refractivity contribution in [2.75, 3.05) is 18.1 Å². The highest BCUT2D eigenvalue weighted by molar-refractivity contribution is 9.10. The molecule has 0 amide bonds. The highest BCUT2D eigenvalue weighted by Gasteiger charge is 2.26. The standard InChI is InChI=1S/C15H13Br2NO/c16-11-1-5-13(6-2-11)18(9-15-10-19-15)14-7-3-12(17)4-8-14/h1-8,15H,9-10H2/t15-/m1/s1. The SMILES string of the molecule is Brc1ccc(N(C[C@@H]2CO2)c2ccc(Br)cc2)cc1. The van der Waals surface area contributed by atoms with Gasteiger partial charge in [0.05, 0.1) is 19.3 Å². The minimum absolute atomic E-state index is 0.354. The molecule has 0 N–H and O–H groups in total. The van der Waals surface area contributed by atoms with Crippen LogP contribution in [0.2, 0.25) is 0 Å². The lowest BCUT2D eigenvalue weighted by Gasteiger charge is -2.24. The van der Waals surface area contributed by atoms with E-state index in [0.717, 1.165) is 22.1 Å². The molecule has 0 saturated carbocycles. The molecule has 0 bridgehead atoms. The van der Waals surface area contributed by atoms with Crippen molar-refractivity contribution < 1.29 is 4.74 Å². The summed E-state index contributed by atoms with van der Waals surface area (Å²) in [6, 6.07) is 16.7. The predicted molar refractivity (Wildman–Crippen MR) is 85.0 cm³/mol. The Kier molecular flexibility index (Phi) is 3.91. The maximum Gasteiger partial charge on any atom is 0.0988 e. The Hall–Kier alpha value is -0.840. The Morgan fingerprint density at radius 3 is 1.68 bits per heavy atom. The fraction of sp³-hybridized carbons (Fsp3) is 0.200. The van der Waals surface area contributed by atoms with E-state index >= 15 is 0 Å². The summed E-state index contributed by atoms with van der Waals surface area (Å²) in [6.45, 7) is 1.76. The van der Waals surface area contributed by atoms with Crippen molar-refractivity contribution in [3.05, 3.63) is 57.5 Å². The third-order valence-corrected chi connectivity index (χ3v) is 4.12. The molecule has 1 aliphatic rings. The number of epoxide rings is 1. The Bertz CT molecular complexity index is 504. The molecule has 2 nitrogen and oxygen atoms in total. The van der Waals surface area contributed by atoms with E-state index < -0.39 is 0 Å². The first kappa shape index (κ1) is 13.2. The normalized spacial score (nSPS) is 17.3. The van der Waals surface area contributed by atoms with Crippen LogP contribution in [0.3, 0.4) is 0 Å². The van der Waals surface area contributed by atoms with Crippen LogP contribution in [0.1, 0.15) is 0 Å². The molecular weight excluding hydrogens is 370 g/mol. The van der Waals surface area contributed by atoms with E-state index in [1.54, 1.807) is 0 Å². The molecule has 0 aliphatic carbocycles. The molecule has 1 heterocycles. The minimum Gasteiger partial charge on any atom is -0.371 e. The molecule has 0 aromatic heterocycles. The zero-order valence-electron chi connectivity index (χ0n) is 10.2. The van der Waals surface area contributed by atoms with E-state index in [1.165, 1.54) is 11.4 Å². The number of rotatable bonds is 4. The molecule has 0 radical (unpaired) electrons.